The molecule has 0 atom stereocenters. The van der Waals surface area contributed by atoms with Crippen molar-refractivity contribution >= 4 is 28.5 Å². The van der Waals surface area contributed by atoms with Crippen molar-refractivity contribution in [2.24, 2.45) is 0 Å². The van der Waals surface area contributed by atoms with Gasteiger partial charge in [-0.25, -0.2) is 4.98 Å². The normalized spacial score (nSPS) is 11.5. The second-order valence-electron chi connectivity index (χ2n) is 8.20. The highest BCUT2D eigenvalue weighted by Gasteiger charge is 2.35. The molecule has 4 aromatic rings. The van der Waals surface area contributed by atoms with Crippen LogP contribution in [0.25, 0.3) is 11.0 Å². The fourth-order valence-electron chi connectivity index (χ4n) is 3.73. The molecule has 1 aromatic heterocycles. The molecular weight excluding hydrogens is 473 g/mol. The summed E-state index contributed by atoms with van der Waals surface area (Å²) in [5.74, 6) is -0.960. The molecule has 36 heavy (non-hydrogen) atoms. The molecule has 0 aliphatic carbocycles. The van der Waals surface area contributed by atoms with Crippen LogP contribution in [0.1, 0.15) is 43.2 Å². The number of nitrogens with one attached hydrogen (secondary N) is 3. The highest BCUT2D eigenvalue weighted by molar-refractivity contribution is 6.10. The van der Waals surface area contributed by atoms with Crippen molar-refractivity contribution in [1.29, 1.82) is 0 Å². The number of aryl methyl sites for hydroxylation is 1. The number of benzene rings is 3. The highest BCUT2D eigenvalue weighted by Crippen LogP contribution is 2.32. The first-order valence-electron chi connectivity index (χ1n) is 11.0. The van der Waals surface area contributed by atoms with Crippen LogP contribution in [0.4, 0.5) is 18.9 Å². The number of anilines is 1. The van der Waals surface area contributed by atoms with E-state index in [4.69, 9.17) is 4.74 Å². The second-order valence-corrected chi connectivity index (χ2v) is 8.20. The fraction of sp³-hybridized carbons (Fsp3) is 0.192. The molecule has 0 radical (unpaired) electrons. The zero-order chi connectivity index (χ0) is 25.9. The number of carbonyl (C=O) groups is 2. The molecule has 3 N–H and O–H groups in total. The SMILES string of the molecule is COCc1nc2c(C(=O)NCc3ccc(C)cc3)cc(NC(=O)c3ccccc3C(F)(F)F)cc2[nH]1. The Morgan fingerprint density at radius 3 is 2.42 bits per heavy atom. The molecule has 0 aliphatic heterocycles. The molecular formula is C26H23F3N4O3. The van der Waals surface area contributed by atoms with Crippen LogP contribution in [0.2, 0.25) is 0 Å². The predicted molar refractivity (Wildman–Crippen MR) is 129 cm³/mol. The third-order valence-electron chi connectivity index (χ3n) is 5.47. The van der Waals surface area contributed by atoms with E-state index in [0.29, 0.717) is 16.9 Å². The summed E-state index contributed by atoms with van der Waals surface area (Å²) in [4.78, 5) is 33.3. The maximum absolute atomic E-state index is 13.4. The summed E-state index contributed by atoms with van der Waals surface area (Å²) in [5.41, 5.74) is 1.45. The first-order chi connectivity index (χ1) is 17.2. The van der Waals surface area contributed by atoms with Crippen LogP contribution in [0.3, 0.4) is 0 Å². The number of carbonyl (C=O) groups excluding carboxylic acids is 2. The monoisotopic (exact) mass is 496 g/mol. The van der Waals surface area contributed by atoms with Gasteiger partial charge in [0, 0.05) is 19.3 Å². The molecule has 0 saturated heterocycles. The van der Waals surface area contributed by atoms with Crippen LogP contribution >= 0.6 is 0 Å². The quantitative estimate of drug-likeness (QED) is 0.327. The molecule has 0 unspecified atom stereocenters. The zero-order valence-electron chi connectivity index (χ0n) is 19.5. The number of hydrogen-bond donors (Lipinski definition) is 3. The van der Waals surface area contributed by atoms with Crippen LogP contribution in [0.15, 0.2) is 60.7 Å². The van der Waals surface area contributed by atoms with Crippen molar-refractivity contribution in [1.82, 2.24) is 15.3 Å². The van der Waals surface area contributed by atoms with Gasteiger partial charge in [-0.15, -0.1) is 0 Å². The topological polar surface area (TPSA) is 96.1 Å². The van der Waals surface area contributed by atoms with Gasteiger partial charge in [0.15, 0.2) is 0 Å². The molecule has 186 valence electrons. The number of nitrogens with zero attached hydrogens (tertiary/aromatic N) is 1. The van der Waals surface area contributed by atoms with E-state index in [1.54, 1.807) is 0 Å². The summed E-state index contributed by atoms with van der Waals surface area (Å²) < 4.78 is 45.3. The van der Waals surface area contributed by atoms with Gasteiger partial charge in [-0.3, -0.25) is 9.59 Å². The highest BCUT2D eigenvalue weighted by atomic mass is 19.4. The first-order valence-corrected chi connectivity index (χ1v) is 11.0. The van der Waals surface area contributed by atoms with Gasteiger partial charge in [0.2, 0.25) is 0 Å². The number of rotatable bonds is 7. The number of alkyl halides is 3. The summed E-state index contributed by atoms with van der Waals surface area (Å²) in [5, 5.41) is 5.31. The van der Waals surface area contributed by atoms with Crippen molar-refractivity contribution in [2.45, 2.75) is 26.3 Å². The molecule has 0 spiro atoms. The Labute approximate surface area is 204 Å². The number of aromatic nitrogens is 2. The molecule has 7 nitrogen and oxygen atoms in total. The van der Waals surface area contributed by atoms with Crippen LogP contribution in [-0.4, -0.2) is 28.9 Å². The zero-order valence-corrected chi connectivity index (χ0v) is 19.5. The molecule has 2 amide bonds. The summed E-state index contributed by atoms with van der Waals surface area (Å²) in [6.45, 7) is 2.37. The summed E-state index contributed by atoms with van der Waals surface area (Å²) >= 11 is 0. The number of imidazole rings is 1. The Bertz CT molecular complexity index is 1410. The number of amides is 2. The average Bonchev–Trinajstić information content (AvgIpc) is 3.25. The lowest BCUT2D eigenvalue weighted by atomic mass is 10.1. The maximum Gasteiger partial charge on any atom is 0.417 e. The van der Waals surface area contributed by atoms with Crippen LogP contribution in [-0.2, 0) is 24.1 Å². The molecule has 1 heterocycles. The van der Waals surface area contributed by atoms with E-state index < -0.39 is 29.1 Å². The lowest BCUT2D eigenvalue weighted by Crippen LogP contribution is -2.23. The van der Waals surface area contributed by atoms with E-state index in [9.17, 15) is 22.8 Å². The maximum atomic E-state index is 13.4. The molecule has 10 heteroatoms. The smallest absolute Gasteiger partial charge is 0.377 e. The minimum Gasteiger partial charge on any atom is -0.377 e. The lowest BCUT2D eigenvalue weighted by molar-refractivity contribution is -0.137. The third kappa shape index (κ3) is 5.55. The number of hydrogen-bond acceptors (Lipinski definition) is 4. The molecule has 0 saturated carbocycles. The Morgan fingerprint density at radius 2 is 1.72 bits per heavy atom. The van der Waals surface area contributed by atoms with Gasteiger partial charge < -0.3 is 20.4 Å². The number of aromatic amines is 1. The minimum absolute atomic E-state index is 0.137. The standard InChI is InChI=1S/C26H23F3N4O3/c1-15-7-9-16(10-8-15)13-30-24(34)19-11-17(12-21-23(19)33-22(32-21)14-36-2)31-25(35)18-5-3-4-6-20(18)26(27,28)29/h3-12H,13-14H2,1-2H3,(H,30,34)(H,31,35)(H,32,33). The molecule has 0 fully saturated rings. The Balaban J connectivity index is 1.66. The van der Waals surface area contributed by atoms with E-state index >= 15 is 0 Å². The van der Waals surface area contributed by atoms with Gasteiger partial charge in [-0.2, -0.15) is 13.2 Å². The van der Waals surface area contributed by atoms with Gasteiger partial charge in [0.1, 0.15) is 17.9 Å². The third-order valence-corrected chi connectivity index (χ3v) is 5.47. The van der Waals surface area contributed by atoms with Crippen LogP contribution < -0.4 is 10.6 Å². The Morgan fingerprint density at radius 1 is 1.00 bits per heavy atom. The Kier molecular flexibility index (Phi) is 7.07. The number of H-pyrrole nitrogens is 1. The fourth-order valence-corrected chi connectivity index (χ4v) is 3.73. The molecule has 4 rings (SSSR count). The summed E-state index contributed by atoms with van der Waals surface area (Å²) in [6, 6.07) is 15.0. The minimum atomic E-state index is -4.70. The number of ether oxygens (including phenoxy) is 1. The van der Waals surface area contributed by atoms with E-state index in [1.165, 1.54) is 31.4 Å². The van der Waals surface area contributed by atoms with Crippen LogP contribution in [0.5, 0.6) is 0 Å². The van der Waals surface area contributed by atoms with Gasteiger partial charge in [-0.05, 0) is 36.8 Å². The molecule has 0 bridgehead atoms. The first kappa shape index (κ1) is 24.9. The number of halogens is 3. The van der Waals surface area contributed by atoms with Gasteiger partial charge in [0.25, 0.3) is 11.8 Å². The van der Waals surface area contributed by atoms with E-state index in [0.717, 1.165) is 23.3 Å². The molecule has 0 aliphatic rings. The van der Waals surface area contributed by atoms with E-state index in [1.807, 2.05) is 31.2 Å². The van der Waals surface area contributed by atoms with E-state index in [-0.39, 0.29) is 24.4 Å². The summed E-state index contributed by atoms with van der Waals surface area (Å²) in [7, 11) is 1.49. The lowest BCUT2D eigenvalue weighted by Gasteiger charge is -2.13. The van der Waals surface area contributed by atoms with E-state index in [2.05, 4.69) is 20.6 Å². The van der Waals surface area contributed by atoms with Crippen molar-refractivity contribution in [2.75, 3.05) is 12.4 Å². The number of methoxy groups -OCH3 is 1. The summed E-state index contributed by atoms with van der Waals surface area (Å²) in [6.07, 6.45) is -4.70. The molecule has 3 aromatic carbocycles. The Hall–Kier alpha value is -4.18. The largest absolute Gasteiger partial charge is 0.417 e. The van der Waals surface area contributed by atoms with Gasteiger partial charge >= 0.3 is 6.18 Å². The average molecular weight is 496 g/mol. The van der Waals surface area contributed by atoms with Gasteiger partial charge in [0.05, 0.1) is 22.2 Å². The predicted octanol–water partition coefficient (Wildman–Crippen LogP) is 5.22. The van der Waals surface area contributed by atoms with Crippen molar-refractivity contribution < 1.29 is 27.5 Å². The number of fused-ring (bicyclic) bond motifs is 1. The van der Waals surface area contributed by atoms with Crippen LogP contribution in [0, 0.1) is 6.92 Å². The van der Waals surface area contributed by atoms with Crippen molar-refractivity contribution in [3.63, 3.8) is 0 Å². The van der Waals surface area contributed by atoms with Crippen molar-refractivity contribution in [3.05, 3.63) is 94.3 Å². The van der Waals surface area contributed by atoms with Crippen molar-refractivity contribution in [3.8, 4) is 0 Å². The second kappa shape index (κ2) is 10.2. The van der Waals surface area contributed by atoms with Gasteiger partial charge in [-0.1, -0.05) is 42.0 Å².